The maximum atomic E-state index is 12.1. The van der Waals surface area contributed by atoms with E-state index in [1.54, 1.807) is 6.20 Å². The number of carbonyl (C=O) groups is 1. The molecule has 0 bridgehead atoms. The highest BCUT2D eigenvalue weighted by Gasteiger charge is 2.12. The zero-order chi connectivity index (χ0) is 19.9. The first-order valence-corrected chi connectivity index (χ1v) is 9.34. The van der Waals surface area contributed by atoms with Gasteiger partial charge in [-0.25, -0.2) is 4.98 Å². The van der Waals surface area contributed by atoms with E-state index in [9.17, 15) is 19.7 Å². The highest BCUT2D eigenvalue weighted by atomic mass is 16.6. The summed E-state index contributed by atoms with van der Waals surface area (Å²) >= 11 is 0. The summed E-state index contributed by atoms with van der Waals surface area (Å²) in [6, 6.07) is 6.08. The predicted molar refractivity (Wildman–Crippen MR) is 104 cm³/mol. The largest absolute Gasteiger partial charge is 0.357 e. The third-order valence-corrected chi connectivity index (χ3v) is 4.72. The van der Waals surface area contributed by atoms with Crippen molar-refractivity contribution in [2.45, 2.75) is 38.8 Å². The molecule has 1 N–H and O–H groups in total. The van der Waals surface area contributed by atoms with Crippen LogP contribution in [0.25, 0.3) is 0 Å². The van der Waals surface area contributed by atoms with Gasteiger partial charge < -0.3 is 10.2 Å². The summed E-state index contributed by atoms with van der Waals surface area (Å²) in [7, 11) is 0. The van der Waals surface area contributed by atoms with Gasteiger partial charge in [0.05, 0.1) is 11.1 Å². The molecule has 1 amide bonds. The van der Waals surface area contributed by atoms with Crippen molar-refractivity contribution in [1.82, 2.24) is 14.9 Å². The molecule has 0 unspecified atom stereocenters. The standard InChI is InChI=1S/C19H23N5O4/c25-18(14-23-13-16(24(27)28)6-8-19(23)26)21-12-15-5-7-17(20-11-15)22-9-3-1-2-4-10-22/h5-8,11,13H,1-4,9-10,12,14H2,(H,21,25). The zero-order valence-corrected chi connectivity index (χ0v) is 15.5. The minimum atomic E-state index is -0.606. The van der Waals surface area contributed by atoms with E-state index in [-0.39, 0.29) is 18.8 Å². The van der Waals surface area contributed by atoms with Gasteiger partial charge in [0.2, 0.25) is 5.91 Å². The number of rotatable bonds is 6. The minimum absolute atomic E-state index is 0.235. The Morgan fingerprint density at radius 1 is 1.14 bits per heavy atom. The van der Waals surface area contributed by atoms with Gasteiger partial charge in [-0.05, 0) is 24.5 Å². The van der Waals surface area contributed by atoms with Crippen molar-refractivity contribution in [2.24, 2.45) is 0 Å². The maximum Gasteiger partial charge on any atom is 0.285 e. The van der Waals surface area contributed by atoms with Crippen LogP contribution in [0.3, 0.4) is 0 Å². The molecule has 9 heteroatoms. The van der Waals surface area contributed by atoms with Crippen LogP contribution in [0.1, 0.15) is 31.2 Å². The molecule has 0 radical (unpaired) electrons. The molecular weight excluding hydrogens is 362 g/mol. The van der Waals surface area contributed by atoms with Gasteiger partial charge in [0, 0.05) is 38.0 Å². The Labute approximate surface area is 162 Å². The van der Waals surface area contributed by atoms with Gasteiger partial charge in [-0.1, -0.05) is 18.9 Å². The Balaban J connectivity index is 1.55. The van der Waals surface area contributed by atoms with E-state index < -0.39 is 16.4 Å². The van der Waals surface area contributed by atoms with Crippen LogP contribution < -0.4 is 15.8 Å². The van der Waals surface area contributed by atoms with Gasteiger partial charge in [-0.3, -0.25) is 24.3 Å². The summed E-state index contributed by atoms with van der Waals surface area (Å²) in [5.74, 6) is 0.541. The van der Waals surface area contributed by atoms with Gasteiger partial charge in [0.15, 0.2) is 0 Å². The molecule has 1 aliphatic rings. The highest BCUT2D eigenvalue weighted by molar-refractivity contribution is 5.75. The fourth-order valence-electron chi connectivity index (χ4n) is 3.17. The number of pyridine rings is 2. The lowest BCUT2D eigenvalue weighted by molar-refractivity contribution is -0.385. The van der Waals surface area contributed by atoms with E-state index >= 15 is 0 Å². The van der Waals surface area contributed by atoms with Crippen molar-refractivity contribution in [3.63, 3.8) is 0 Å². The molecule has 28 heavy (non-hydrogen) atoms. The molecule has 0 atom stereocenters. The Bertz CT molecular complexity index is 886. The fraction of sp³-hybridized carbons (Fsp3) is 0.421. The average molecular weight is 385 g/mol. The van der Waals surface area contributed by atoms with Crippen molar-refractivity contribution in [1.29, 1.82) is 0 Å². The average Bonchev–Trinajstić information content (AvgIpc) is 2.98. The van der Waals surface area contributed by atoms with Crippen LogP contribution in [-0.2, 0) is 17.9 Å². The van der Waals surface area contributed by atoms with Gasteiger partial charge in [0.1, 0.15) is 12.4 Å². The molecule has 0 saturated carbocycles. The van der Waals surface area contributed by atoms with Crippen LogP contribution in [0.15, 0.2) is 41.5 Å². The third-order valence-electron chi connectivity index (χ3n) is 4.72. The number of aromatic nitrogens is 2. The number of carbonyl (C=O) groups excluding carboxylic acids is 1. The van der Waals surface area contributed by atoms with Gasteiger partial charge >= 0.3 is 0 Å². The second-order valence-electron chi connectivity index (χ2n) is 6.81. The van der Waals surface area contributed by atoms with Crippen molar-refractivity contribution in [2.75, 3.05) is 18.0 Å². The first kappa shape index (κ1) is 19.5. The predicted octanol–water partition coefficient (Wildman–Crippen LogP) is 1.85. The van der Waals surface area contributed by atoms with Crippen LogP contribution in [-0.4, -0.2) is 33.5 Å². The van der Waals surface area contributed by atoms with E-state index in [2.05, 4.69) is 15.2 Å². The van der Waals surface area contributed by atoms with Crippen molar-refractivity contribution < 1.29 is 9.72 Å². The molecule has 3 rings (SSSR count). The Morgan fingerprint density at radius 2 is 1.89 bits per heavy atom. The molecule has 9 nitrogen and oxygen atoms in total. The summed E-state index contributed by atoms with van der Waals surface area (Å²) < 4.78 is 1.02. The van der Waals surface area contributed by atoms with Crippen LogP contribution in [0.2, 0.25) is 0 Å². The third kappa shape index (κ3) is 5.15. The number of hydrogen-bond donors (Lipinski definition) is 1. The second-order valence-corrected chi connectivity index (χ2v) is 6.81. The summed E-state index contributed by atoms with van der Waals surface area (Å²) in [6.07, 6.45) is 7.68. The number of amides is 1. The van der Waals surface area contributed by atoms with Gasteiger partial charge in [-0.2, -0.15) is 0 Å². The summed E-state index contributed by atoms with van der Waals surface area (Å²) in [5.41, 5.74) is 0.142. The lowest BCUT2D eigenvalue weighted by Crippen LogP contribution is -2.31. The molecule has 0 aliphatic carbocycles. The van der Waals surface area contributed by atoms with Crippen molar-refractivity contribution >= 4 is 17.4 Å². The molecule has 1 saturated heterocycles. The number of nitrogens with one attached hydrogen (secondary N) is 1. The van der Waals surface area contributed by atoms with Crippen LogP contribution in [0.5, 0.6) is 0 Å². The SMILES string of the molecule is O=C(Cn1cc([N+](=O)[O-])ccc1=O)NCc1ccc(N2CCCCCC2)nc1. The molecule has 0 aromatic carbocycles. The number of nitrogens with zero attached hydrogens (tertiary/aromatic N) is 4. The van der Waals surface area contributed by atoms with Crippen LogP contribution in [0, 0.1) is 10.1 Å². The quantitative estimate of drug-likeness (QED) is 0.600. The summed E-state index contributed by atoms with van der Waals surface area (Å²) in [5, 5.41) is 13.5. The van der Waals surface area contributed by atoms with E-state index in [0.717, 1.165) is 47.4 Å². The van der Waals surface area contributed by atoms with Crippen molar-refractivity contribution in [3.05, 3.63) is 62.7 Å². The molecule has 2 aromatic rings. The maximum absolute atomic E-state index is 12.1. The van der Waals surface area contributed by atoms with E-state index in [0.29, 0.717) is 0 Å². The van der Waals surface area contributed by atoms with Crippen molar-refractivity contribution in [3.8, 4) is 0 Å². The van der Waals surface area contributed by atoms with Gasteiger partial charge in [-0.15, -0.1) is 0 Å². The first-order chi connectivity index (χ1) is 13.5. The summed E-state index contributed by atoms with van der Waals surface area (Å²) in [4.78, 5) is 40.8. The zero-order valence-electron chi connectivity index (χ0n) is 15.5. The first-order valence-electron chi connectivity index (χ1n) is 9.34. The molecule has 0 spiro atoms. The molecule has 2 aromatic heterocycles. The van der Waals surface area contributed by atoms with Crippen LogP contribution in [0.4, 0.5) is 11.5 Å². The normalized spacial score (nSPS) is 14.4. The Morgan fingerprint density at radius 3 is 2.54 bits per heavy atom. The minimum Gasteiger partial charge on any atom is -0.357 e. The van der Waals surface area contributed by atoms with Crippen LogP contribution >= 0.6 is 0 Å². The number of nitro groups is 1. The van der Waals surface area contributed by atoms with E-state index in [4.69, 9.17) is 0 Å². The Hall–Kier alpha value is -3.23. The highest BCUT2D eigenvalue weighted by Crippen LogP contribution is 2.17. The molecule has 1 aliphatic heterocycles. The molecular formula is C19H23N5O4. The Kier molecular flexibility index (Phi) is 6.36. The lowest BCUT2D eigenvalue weighted by Gasteiger charge is -2.21. The molecule has 1 fully saturated rings. The molecule has 3 heterocycles. The number of hydrogen-bond acceptors (Lipinski definition) is 6. The topological polar surface area (TPSA) is 110 Å². The van der Waals surface area contributed by atoms with E-state index in [1.165, 1.54) is 25.7 Å². The molecule has 148 valence electrons. The fourth-order valence-corrected chi connectivity index (χ4v) is 3.17. The van der Waals surface area contributed by atoms with Gasteiger partial charge in [0.25, 0.3) is 11.2 Å². The van der Waals surface area contributed by atoms with E-state index in [1.807, 2.05) is 12.1 Å². The lowest BCUT2D eigenvalue weighted by atomic mass is 10.2. The smallest absolute Gasteiger partial charge is 0.285 e. The second kappa shape index (κ2) is 9.12. The summed E-state index contributed by atoms with van der Waals surface area (Å²) in [6.45, 7) is 2.03. The monoisotopic (exact) mass is 385 g/mol. The number of anilines is 1.